The molecule has 0 saturated carbocycles. The summed E-state index contributed by atoms with van der Waals surface area (Å²) in [6.07, 6.45) is -0.580. The molecule has 29 heavy (non-hydrogen) atoms. The van der Waals surface area contributed by atoms with Crippen LogP contribution >= 0.6 is 11.3 Å². The van der Waals surface area contributed by atoms with Gasteiger partial charge in [-0.2, -0.15) is 0 Å². The Hall–Kier alpha value is -3.39. The Morgan fingerprint density at radius 1 is 1.14 bits per heavy atom. The molecular formula is C21H20N2O5S. The lowest BCUT2D eigenvalue weighted by atomic mass is 10.2. The number of ether oxygens (including phenoxy) is 1. The van der Waals surface area contributed by atoms with E-state index < -0.39 is 23.9 Å². The molecule has 3 N–H and O–H groups in total. The third-order valence-corrected chi connectivity index (χ3v) is 4.97. The van der Waals surface area contributed by atoms with Gasteiger partial charge in [-0.05, 0) is 30.5 Å². The number of rotatable bonds is 8. The molecule has 1 atom stereocenters. The summed E-state index contributed by atoms with van der Waals surface area (Å²) in [6.45, 7) is 1.46. The Balaban J connectivity index is 1.49. The smallest absolute Gasteiger partial charge is 0.307 e. The quantitative estimate of drug-likeness (QED) is 0.549. The van der Waals surface area contributed by atoms with Crippen LogP contribution in [0, 0.1) is 0 Å². The highest BCUT2D eigenvalue weighted by atomic mass is 32.1. The highest BCUT2D eigenvalue weighted by Gasteiger charge is 2.21. The van der Waals surface area contributed by atoms with Crippen LogP contribution in [0.5, 0.6) is 0 Å². The number of primary amides is 1. The number of thiophene rings is 1. The minimum Gasteiger partial charge on any atom is -0.461 e. The van der Waals surface area contributed by atoms with Crippen LogP contribution in [0.2, 0.25) is 0 Å². The molecule has 0 bridgehead atoms. The van der Waals surface area contributed by atoms with E-state index in [1.807, 2.05) is 42.5 Å². The zero-order chi connectivity index (χ0) is 20.8. The van der Waals surface area contributed by atoms with Crippen molar-refractivity contribution in [1.29, 1.82) is 0 Å². The molecule has 1 aromatic carbocycles. The average molecular weight is 412 g/mol. The van der Waals surface area contributed by atoms with Crippen molar-refractivity contribution in [3.63, 3.8) is 0 Å². The molecule has 0 aliphatic heterocycles. The summed E-state index contributed by atoms with van der Waals surface area (Å²) in [4.78, 5) is 35.6. The summed E-state index contributed by atoms with van der Waals surface area (Å²) in [5.74, 6) is -0.315. The van der Waals surface area contributed by atoms with Gasteiger partial charge < -0.3 is 20.2 Å². The number of esters is 1. The predicted octanol–water partition coefficient (Wildman–Crippen LogP) is 3.61. The van der Waals surface area contributed by atoms with Gasteiger partial charge in [0.25, 0.3) is 11.8 Å². The average Bonchev–Trinajstić information content (AvgIpc) is 3.36. The third-order valence-electron chi connectivity index (χ3n) is 4.14. The van der Waals surface area contributed by atoms with Crippen molar-refractivity contribution >= 4 is 34.1 Å². The molecule has 2 amide bonds. The first-order valence-corrected chi connectivity index (χ1v) is 9.84. The lowest BCUT2D eigenvalue weighted by Crippen LogP contribution is -2.30. The van der Waals surface area contributed by atoms with E-state index in [0.29, 0.717) is 17.2 Å². The second-order valence-corrected chi connectivity index (χ2v) is 7.20. The Morgan fingerprint density at radius 3 is 2.62 bits per heavy atom. The van der Waals surface area contributed by atoms with Crippen molar-refractivity contribution in [2.75, 3.05) is 5.32 Å². The van der Waals surface area contributed by atoms with Crippen molar-refractivity contribution in [1.82, 2.24) is 0 Å². The van der Waals surface area contributed by atoms with E-state index in [9.17, 15) is 14.4 Å². The zero-order valence-electron chi connectivity index (χ0n) is 15.7. The summed E-state index contributed by atoms with van der Waals surface area (Å²) in [6, 6.07) is 14.8. The Labute approximate surface area is 171 Å². The molecule has 2 aromatic heterocycles. The van der Waals surface area contributed by atoms with Gasteiger partial charge >= 0.3 is 5.97 Å². The van der Waals surface area contributed by atoms with E-state index in [-0.39, 0.29) is 12.0 Å². The number of hydrogen-bond acceptors (Lipinski definition) is 6. The number of benzene rings is 1. The van der Waals surface area contributed by atoms with E-state index in [1.54, 1.807) is 5.38 Å². The monoisotopic (exact) mass is 412 g/mol. The normalized spacial score (nSPS) is 11.6. The number of carbonyl (C=O) groups excluding carboxylic acids is 3. The van der Waals surface area contributed by atoms with Gasteiger partial charge in [0.15, 0.2) is 6.10 Å². The summed E-state index contributed by atoms with van der Waals surface area (Å²) in [7, 11) is 0. The maximum Gasteiger partial charge on any atom is 0.307 e. The van der Waals surface area contributed by atoms with Crippen molar-refractivity contribution < 1.29 is 23.5 Å². The fourth-order valence-corrected chi connectivity index (χ4v) is 3.41. The summed E-state index contributed by atoms with van der Waals surface area (Å²) >= 11 is 1.16. The molecule has 8 heteroatoms. The van der Waals surface area contributed by atoms with Gasteiger partial charge in [0.2, 0.25) is 0 Å². The predicted molar refractivity (Wildman–Crippen MR) is 109 cm³/mol. The van der Waals surface area contributed by atoms with E-state index in [4.69, 9.17) is 14.9 Å². The van der Waals surface area contributed by atoms with Crippen LogP contribution < -0.4 is 11.1 Å². The van der Waals surface area contributed by atoms with Crippen LogP contribution in [0.15, 0.2) is 58.3 Å². The van der Waals surface area contributed by atoms with E-state index in [2.05, 4.69) is 5.32 Å². The molecule has 0 aliphatic rings. The molecule has 0 unspecified atom stereocenters. The molecule has 3 aromatic rings. The Morgan fingerprint density at radius 2 is 1.90 bits per heavy atom. The number of amides is 2. The van der Waals surface area contributed by atoms with Crippen LogP contribution in [0.3, 0.4) is 0 Å². The van der Waals surface area contributed by atoms with Gasteiger partial charge in [0.1, 0.15) is 16.5 Å². The van der Waals surface area contributed by atoms with Crippen LogP contribution in [0.25, 0.3) is 11.3 Å². The maximum atomic E-state index is 12.2. The van der Waals surface area contributed by atoms with Gasteiger partial charge in [0, 0.05) is 12.0 Å². The SMILES string of the molecule is C[C@H](OC(=O)CCc1ccc(-c2ccccc2)o1)C(=O)Nc1sccc1C(N)=O. The largest absolute Gasteiger partial charge is 0.461 e. The summed E-state index contributed by atoms with van der Waals surface area (Å²) in [5, 5.41) is 4.52. The molecule has 2 heterocycles. The summed E-state index contributed by atoms with van der Waals surface area (Å²) in [5.41, 5.74) is 6.42. The first-order valence-electron chi connectivity index (χ1n) is 8.96. The number of carbonyl (C=O) groups is 3. The van der Waals surface area contributed by atoms with Gasteiger partial charge in [-0.25, -0.2) is 0 Å². The molecule has 0 saturated heterocycles. The molecule has 0 fully saturated rings. The molecule has 7 nitrogen and oxygen atoms in total. The number of hydrogen-bond donors (Lipinski definition) is 2. The fraction of sp³-hybridized carbons (Fsp3) is 0.190. The molecule has 3 rings (SSSR count). The van der Waals surface area contributed by atoms with Crippen molar-refractivity contribution in [2.45, 2.75) is 25.9 Å². The van der Waals surface area contributed by atoms with Crippen molar-refractivity contribution in [2.24, 2.45) is 5.73 Å². The first-order chi connectivity index (χ1) is 13.9. The van der Waals surface area contributed by atoms with Gasteiger partial charge in [-0.3, -0.25) is 14.4 Å². The highest BCUT2D eigenvalue weighted by molar-refractivity contribution is 7.14. The van der Waals surface area contributed by atoms with Crippen LogP contribution in [-0.4, -0.2) is 23.9 Å². The highest BCUT2D eigenvalue weighted by Crippen LogP contribution is 2.24. The van der Waals surface area contributed by atoms with Crippen molar-refractivity contribution in [3.05, 3.63) is 65.2 Å². The van der Waals surface area contributed by atoms with Crippen LogP contribution in [-0.2, 0) is 20.7 Å². The maximum absolute atomic E-state index is 12.2. The standard InChI is InChI=1S/C21H20N2O5S/c1-13(20(26)23-21-16(19(22)25)11-12-29-21)27-18(24)10-8-15-7-9-17(28-15)14-5-3-2-4-6-14/h2-7,9,11-13H,8,10H2,1H3,(H2,22,25)(H,23,26)/t13-/m0/s1. The minimum atomic E-state index is -1.01. The van der Waals surface area contributed by atoms with Crippen molar-refractivity contribution in [3.8, 4) is 11.3 Å². The number of aryl methyl sites for hydroxylation is 1. The molecular weight excluding hydrogens is 392 g/mol. The fourth-order valence-electron chi connectivity index (χ4n) is 2.62. The lowest BCUT2D eigenvalue weighted by Gasteiger charge is -2.13. The summed E-state index contributed by atoms with van der Waals surface area (Å²) < 4.78 is 10.9. The number of anilines is 1. The topological polar surface area (TPSA) is 112 Å². The van der Waals surface area contributed by atoms with Crippen LogP contribution in [0.4, 0.5) is 5.00 Å². The number of nitrogens with one attached hydrogen (secondary N) is 1. The molecule has 150 valence electrons. The van der Waals surface area contributed by atoms with E-state index >= 15 is 0 Å². The zero-order valence-corrected chi connectivity index (χ0v) is 16.5. The molecule has 0 spiro atoms. The molecule has 0 aliphatic carbocycles. The number of nitrogens with two attached hydrogens (primary N) is 1. The second kappa shape index (κ2) is 9.20. The van der Waals surface area contributed by atoms with Gasteiger partial charge in [0.05, 0.1) is 12.0 Å². The van der Waals surface area contributed by atoms with Gasteiger partial charge in [-0.15, -0.1) is 11.3 Å². The van der Waals surface area contributed by atoms with Crippen LogP contribution in [0.1, 0.15) is 29.5 Å². The lowest BCUT2D eigenvalue weighted by molar-refractivity contribution is -0.153. The second-order valence-electron chi connectivity index (χ2n) is 6.28. The minimum absolute atomic E-state index is 0.0743. The molecule has 0 radical (unpaired) electrons. The Kier molecular flexibility index (Phi) is 6.46. The van der Waals surface area contributed by atoms with E-state index in [1.165, 1.54) is 13.0 Å². The van der Waals surface area contributed by atoms with E-state index in [0.717, 1.165) is 22.7 Å². The first kappa shape index (κ1) is 20.3. The number of furan rings is 1. The van der Waals surface area contributed by atoms with Gasteiger partial charge in [-0.1, -0.05) is 30.3 Å². The third kappa shape index (κ3) is 5.32. The Bertz CT molecular complexity index is 1010.